The molecule has 6 heteroatoms. The Kier molecular flexibility index (Phi) is 4.70. The van der Waals surface area contributed by atoms with E-state index in [4.69, 9.17) is 15.7 Å². The average molecular weight is 305 g/mol. The van der Waals surface area contributed by atoms with E-state index in [1.807, 2.05) is 19.2 Å². The molecule has 5 nitrogen and oxygen atoms in total. The molecule has 2 aromatic rings. The van der Waals surface area contributed by atoms with Crippen LogP contribution in [0, 0.1) is 0 Å². The van der Waals surface area contributed by atoms with Gasteiger partial charge in [-0.1, -0.05) is 11.2 Å². The fourth-order valence-electron chi connectivity index (χ4n) is 2.13. The maximum atomic E-state index is 8.96. The Balaban J connectivity index is 2.44. The molecule has 0 spiro atoms. The Bertz CT molecular complexity index is 626. The third-order valence-electron chi connectivity index (χ3n) is 3.50. The highest BCUT2D eigenvalue weighted by Gasteiger charge is 2.18. The van der Waals surface area contributed by atoms with Crippen LogP contribution in [-0.4, -0.2) is 25.2 Å². The number of nitrogens with zero attached hydrogens (tertiary/aromatic N) is 2. The molecule has 0 fully saturated rings. The first kappa shape index (κ1) is 15.2. The summed E-state index contributed by atoms with van der Waals surface area (Å²) in [7, 11) is 3.60. The van der Waals surface area contributed by atoms with Crippen molar-refractivity contribution in [2.24, 2.45) is 10.9 Å². The summed E-state index contributed by atoms with van der Waals surface area (Å²) < 4.78 is 5.28. The normalized spacial score (nSPS) is 13.0. The van der Waals surface area contributed by atoms with Crippen molar-refractivity contribution in [2.45, 2.75) is 13.0 Å². The van der Waals surface area contributed by atoms with Crippen molar-refractivity contribution < 1.29 is 9.94 Å². The highest BCUT2D eigenvalue weighted by Crippen LogP contribution is 2.32. The van der Waals surface area contributed by atoms with E-state index in [-0.39, 0.29) is 11.9 Å². The summed E-state index contributed by atoms with van der Waals surface area (Å²) in [5, 5.41) is 14.1. The monoisotopic (exact) mass is 305 g/mol. The van der Waals surface area contributed by atoms with Gasteiger partial charge in [-0.15, -0.1) is 11.3 Å². The van der Waals surface area contributed by atoms with E-state index < -0.39 is 0 Å². The number of amidine groups is 1. The Morgan fingerprint density at radius 1 is 1.43 bits per heavy atom. The SMILES string of the molecule is COc1ccc(/C(N)=N/O)c(N(C)C(C)c2cccs2)c1. The van der Waals surface area contributed by atoms with Gasteiger partial charge in [0.05, 0.1) is 18.8 Å². The zero-order valence-electron chi connectivity index (χ0n) is 12.3. The zero-order valence-corrected chi connectivity index (χ0v) is 13.1. The van der Waals surface area contributed by atoms with Crippen LogP contribution >= 0.6 is 11.3 Å². The predicted octanol–water partition coefficient (Wildman–Crippen LogP) is 3.05. The largest absolute Gasteiger partial charge is 0.497 e. The van der Waals surface area contributed by atoms with Crippen molar-refractivity contribution in [3.05, 3.63) is 46.2 Å². The molecule has 112 valence electrons. The van der Waals surface area contributed by atoms with Gasteiger partial charge in [-0.05, 0) is 30.5 Å². The van der Waals surface area contributed by atoms with Crippen LogP contribution < -0.4 is 15.4 Å². The third-order valence-corrected chi connectivity index (χ3v) is 4.55. The molecule has 0 amide bonds. The molecule has 1 atom stereocenters. The summed E-state index contributed by atoms with van der Waals surface area (Å²) in [5.74, 6) is 0.808. The van der Waals surface area contributed by atoms with E-state index in [0.717, 1.165) is 11.4 Å². The van der Waals surface area contributed by atoms with Gasteiger partial charge in [-0.2, -0.15) is 0 Å². The molecule has 2 rings (SSSR count). The molecule has 0 saturated carbocycles. The predicted molar refractivity (Wildman–Crippen MR) is 86.6 cm³/mol. The molecule has 0 bridgehead atoms. The highest BCUT2D eigenvalue weighted by atomic mass is 32.1. The van der Waals surface area contributed by atoms with Crippen LogP contribution in [-0.2, 0) is 0 Å². The van der Waals surface area contributed by atoms with Gasteiger partial charge in [0, 0.05) is 23.6 Å². The Morgan fingerprint density at radius 2 is 2.19 bits per heavy atom. The first-order chi connectivity index (χ1) is 10.1. The van der Waals surface area contributed by atoms with E-state index in [1.54, 1.807) is 30.6 Å². The van der Waals surface area contributed by atoms with Crippen LogP contribution in [0.25, 0.3) is 0 Å². The molecule has 0 radical (unpaired) electrons. The number of methoxy groups -OCH3 is 1. The summed E-state index contributed by atoms with van der Waals surface area (Å²) in [6.45, 7) is 2.11. The lowest BCUT2D eigenvalue weighted by molar-refractivity contribution is 0.318. The summed E-state index contributed by atoms with van der Waals surface area (Å²) >= 11 is 1.70. The maximum Gasteiger partial charge on any atom is 0.172 e. The van der Waals surface area contributed by atoms with Gasteiger partial charge in [-0.3, -0.25) is 0 Å². The number of ether oxygens (including phenoxy) is 1. The summed E-state index contributed by atoms with van der Waals surface area (Å²) in [5.41, 5.74) is 7.30. The summed E-state index contributed by atoms with van der Waals surface area (Å²) in [6.07, 6.45) is 0. The molecule has 1 aromatic carbocycles. The van der Waals surface area contributed by atoms with Crippen molar-refractivity contribution in [1.82, 2.24) is 0 Å². The molecular formula is C15H19N3O2S. The Morgan fingerprint density at radius 3 is 2.76 bits per heavy atom. The van der Waals surface area contributed by atoms with Crippen molar-refractivity contribution in [1.29, 1.82) is 0 Å². The zero-order chi connectivity index (χ0) is 15.4. The molecule has 1 unspecified atom stereocenters. The maximum absolute atomic E-state index is 8.96. The molecule has 21 heavy (non-hydrogen) atoms. The quantitative estimate of drug-likeness (QED) is 0.385. The Hall–Kier alpha value is -2.21. The molecule has 0 aliphatic heterocycles. The van der Waals surface area contributed by atoms with Gasteiger partial charge < -0.3 is 20.6 Å². The molecule has 0 aliphatic carbocycles. The summed E-state index contributed by atoms with van der Waals surface area (Å²) in [4.78, 5) is 3.33. The second-order valence-corrected chi connectivity index (χ2v) is 5.65. The van der Waals surface area contributed by atoms with Gasteiger partial charge in [0.1, 0.15) is 5.75 Å². The highest BCUT2D eigenvalue weighted by molar-refractivity contribution is 7.10. The number of thiophene rings is 1. The standard InChI is InChI=1S/C15H19N3O2S/c1-10(14-5-4-8-21-14)18(2)13-9-11(20-3)6-7-12(13)15(16)17-19/h4-10,19H,1-3H3,(H2,16,17). The lowest BCUT2D eigenvalue weighted by atomic mass is 10.1. The lowest BCUT2D eigenvalue weighted by Gasteiger charge is -2.28. The van der Waals surface area contributed by atoms with Crippen LogP contribution in [0.3, 0.4) is 0 Å². The van der Waals surface area contributed by atoms with Gasteiger partial charge in [0.15, 0.2) is 5.84 Å². The molecular weight excluding hydrogens is 286 g/mol. The van der Waals surface area contributed by atoms with Crippen LogP contribution in [0.15, 0.2) is 40.9 Å². The second kappa shape index (κ2) is 6.49. The second-order valence-electron chi connectivity index (χ2n) is 4.67. The first-order valence-corrected chi connectivity index (χ1v) is 7.38. The number of benzene rings is 1. The van der Waals surface area contributed by atoms with E-state index >= 15 is 0 Å². The number of oxime groups is 1. The number of nitrogens with two attached hydrogens (primary N) is 1. The van der Waals surface area contributed by atoms with Gasteiger partial charge in [0.25, 0.3) is 0 Å². The molecule has 3 N–H and O–H groups in total. The van der Waals surface area contributed by atoms with E-state index in [1.165, 1.54) is 4.88 Å². The van der Waals surface area contributed by atoms with Gasteiger partial charge in [-0.25, -0.2) is 0 Å². The minimum atomic E-state index is 0.0814. The summed E-state index contributed by atoms with van der Waals surface area (Å²) in [6, 6.07) is 9.76. The van der Waals surface area contributed by atoms with E-state index in [2.05, 4.69) is 28.4 Å². The lowest BCUT2D eigenvalue weighted by Crippen LogP contribution is -2.25. The smallest absolute Gasteiger partial charge is 0.172 e. The molecule has 1 heterocycles. The number of hydrogen-bond acceptors (Lipinski definition) is 5. The minimum Gasteiger partial charge on any atom is -0.497 e. The Labute approximate surface area is 128 Å². The molecule has 1 aromatic heterocycles. The van der Waals surface area contributed by atoms with Crippen molar-refractivity contribution in [3.8, 4) is 5.75 Å². The number of rotatable bonds is 5. The van der Waals surface area contributed by atoms with Crippen LogP contribution in [0.5, 0.6) is 5.75 Å². The molecule has 0 saturated heterocycles. The number of anilines is 1. The van der Waals surface area contributed by atoms with Crippen LogP contribution in [0.4, 0.5) is 5.69 Å². The first-order valence-electron chi connectivity index (χ1n) is 6.50. The van der Waals surface area contributed by atoms with Crippen LogP contribution in [0.1, 0.15) is 23.4 Å². The minimum absolute atomic E-state index is 0.0814. The third kappa shape index (κ3) is 3.11. The van der Waals surface area contributed by atoms with Crippen LogP contribution in [0.2, 0.25) is 0 Å². The van der Waals surface area contributed by atoms with Gasteiger partial charge >= 0.3 is 0 Å². The fourth-order valence-corrected chi connectivity index (χ4v) is 2.96. The van der Waals surface area contributed by atoms with Crippen molar-refractivity contribution >= 4 is 22.9 Å². The van der Waals surface area contributed by atoms with Gasteiger partial charge in [0.2, 0.25) is 0 Å². The number of hydrogen-bond donors (Lipinski definition) is 2. The van der Waals surface area contributed by atoms with E-state index in [0.29, 0.717) is 5.56 Å². The van der Waals surface area contributed by atoms with Crippen molar-refractivity contribution in [3.63, 3.8) is 0 Å². The van der Waals surface area contributed by atoms with Crippen molar-refractivity contribution in [2.75, 3.05) is 19.1 Å². The van der Waals surface area contributed by atoms with E-state index in [9.17, 15) is 0 Å². The average Bonchev–Trinajstić information content (AvgIpc) is 3.06. The molecule has 0 aliphatic rings. The fraction of sp³-hybridized carbons (Fsp3) is 0.267. The topological polar surface area (TPSA) is 71.1 Å².